The van der Waals surface area contributed by atoms with Crippen LogP contribution in [0.2, 0.25) is 0 Å². The molecule has 2 aromatic rings. The molecule has 0 unspecified atom stereocenters. The fourth-order valence-corrected chi connectivity index (χ4v) is 1.13. The molecule has 0 radical (unpaired) electrons. The van der Waals surface area contributed by atoms with E-state index in [2.05, 4.69) is 0 Å². The number of esters is 1. The van der Waals surface area contributed by atoms with Crippen molar-refractivity contribution in [2.75, 3.05) is 6.61 Å². The Morgan fingerprint density at radius 3 is 1.62 bits per heavy atom. The van der Waals surface area contributed by atoms with Gasteiger partial charge in [0, 0.05) is 6.42 Å². The Bertz CT molecular complexity index is 414. The number of benzene rings is 2. The van der Waals surface area contributed by atoms with Gasteiger partial charge in [0.15, 0.2) is 0 Å². The lowest BCUT2D eigenvalue weighted by molar-refractivity contribution is -0.143. The minimum absolute atomic E-state index is 0.105. The summed E-state index contributed by atoms with van der Waals surface area (Å²) in [5.41, 5.74) is 0. The summed E-state index contributed by atoms with van der Waals surface area (Å²) in [4.78, 5) is 10.3. The molecule has 2 rings (SSSR count). The minimum atomic E-state index is -0.105. The number of para-hydroxylation sites is 1. The van der Waals surface area contributed by atoms with Gasteiger partial charge in [-0.3, -0.25) is 4.79 Å². The maximum absolute atomic E-state index is 10.3. The van der Waals surface area contributed by atoms with Crippen LogP contribution in [-0.4, -0.2) is 17.7 Å². The zero-order valence-corrected chi connectivity index (χ0v) is 12.7. The average molecular weight is 288 g/mol. The number of aromatic hydroxyl groups is 1. The molecule has 0 aliphatic heterocycles. The standard InChI is InChI=1S/C6H12O2.C6H6O.C6H6/c1-3-5-8-6(7)4-2;7-6-4-2-1-3-5-6;1-2-4-6-5-3-1/h3-5H2,1-2H3;1-5,7H;1-6H. The molecule has 0 atom stereocenters. The third kappa shape index (κ3) is 13.9. The van der Waals surface area contributed by atoms with Crippen LogP contribution in [0, 0.1) is 0 Å². The Morgan fingerprint density at radius 1 is 0.905 bits per heavy atom. The molecule has 0 saturated carbocycles. The summed E-state index contributed by atoms with van der Waals surface area (Å²) in [5, 5.41) is 8.63. The zero-order valence-electron chi connectivity index (χ0n) is 12.7. The molecule has 0 fully saturated rings. The number of ether oxygens (including phenoxy) is 1. The van der Waals surface area contributed by atoms with E-state index in [9.17, 15) is 4.79 Å². The molecule has 3 nitrogen and oxygen atoms in total. The summed E-state index contributed by atoms with van der Waals surface area (Å²) in [5.74, 6) is 0.217. The molecule has 0 amide bonds. The van der Waals surface area contributed by atoms with Gasteiger partial charge in [0.25, 0.3) is 0 Å². The van der Waals surface area contributed by atoms with E-state index in [-0.39, 0.29) is 5.97 Å². The molecule has 0 aromatic heterocycles. The van der Waals surface area contributed by atoms with Crippen LogP contribution >= 0.6 is 0 Å². The normalized spacial score (nSPS) is 8.48. The monoisotopic (exact) mass is 288 g/mol. The molecule has 0 spiro atoms. The van der Waals surface area contributed by atoms with Crippen molar-refractivity contribution in [2.24, 2.45) is 0 Å². The van der Waals surface area contributed by atoms with Crippen LogP contribution in [0.5, 0.6) is 5.75 Å². The van der Waals surface area contributed by atoms with Crippen molar-refractivity contribution in [2.45, 2.75) is 26.7 Å². The van der Waals surface area contributed by atoms with E-state index in [1.165, 1.54) is 0 Å². The quantitative estimate of drug-likeness (QED) is 0.850. The predicted molar refractivity (Wildman–Crippen MR) is 86.1 cm³/mol. The second-order valence-corrected chi connectivity index (χ2v) is 4.06. The van der Waals surface area contributed by atoms with E-state index < -0.39 is 0 Å². The van der Waals surface area contributed by atoms with Crippen LogP contribution in [0.25, 0.3) is 0 Å². The highest BCUT2D eigenvalue weighted by Crippen LogP contribution is 2.02. The van der Waals surface area contributed by atoms with Crippen molar-refractivity contribution in [3.8, 4) is 5.75 Å². The molecule has 3 heteroatoms. The topological polar surface area (TPSA) is 46.5 Å². The number of rotatable bonds is 3. The highest BCUT2D eigenvalue weighted by atomic mass is 16.5. The molecule has 0 saturated heterocycles. The lowest BCUT2D eigenvalue weighted by atomic mass is 10.3. The third-order valence-corrected chi connectivity index (χ3v) is 2.18. The lowest BCUT2D eigenvalue weighted by Crippen LogP contribution is -2.02. The zero-order chi connectivity index (χ0) is 15.8. The molecular weight excluding hydrogens is 264 g/mol. The lowest BCUT2D eigenvalue weighted by Gasteiger charge is -1.97. The Balaban J connectivity index is 0.000000288. The Labute approximate surface area is 127 Å². The van der Waals surface area contributed by atoms with Crippen molar-refractivity contribution in [3.05, 3.63) is 66.7 Å². The largest absolute Gasteiger partial charge is 0.508 e. The Hall–Kier alpha value is -2.29. The van der Waals surface area contributed by atoms with Crippen LogP contribution < -0.4 is 0 Å². The summed E-state index contributed by atoms with van der Waals surface area (Å²) >= 11 is 0. The average Bonchev–Trinajstić information content (AvgIpc) is 2.56. The van der Waals surface area contributed by atoms with Gasteiger partial charge in [-0.1, -0.05) is 68.4 Å². The van der Waals surface area contributed by atoms with Gasteiger partial charge in [-0.15, -0.1) is 0 Å². The van der Waals surface area contributed by atoms with Gasteiger partial charge in [-0.05, 0) is 18.6 Å². The van der Waals surface area contributed by atoms with Crippen LogP contribution in [0.4, 0.5) is 0 Å². The van der Waals surface area contributed by atoms with Crippen molar-refractivity contribution < 1.29 is 14.6 Å². The van der Waals surface area contributed by atoms with Gasteiger partial charge in [0.2, 0.25) is 0 Å². The molecule has 114 valence electrons. The molecule has 0 aliphatic rings. The summed E-state index contributed by atoms with van der Waals surface area (Å²) in [6.07, 6.45) is 1.39. The van der Waals surface area contributed by atoms with Crippen molar-refractivity contribution >= 4 is 5.97 Å². The van der Waals surface area contributed by atoms with Gasteiger partial charge in [-0.2, -0.15) is 0 Å². The van der Waals surface area contributed by atoms with Gasteiger partial charge >= 0.3 is 5.97 Å². The highest BCUT2D eigenvalue weighted by molar-refractivity contribution is 5.68. The van der Waals surface area contributed by atoms with E-state index in [0.717, 1.165) is 6.42 Å². The second kappa shape index (κ2) is 14.1. The first-order chi connectivity index (χ1) is 10.2. The minimum Gasteiger partial charge on any atom is -0.508 e. The number of phenolic OH excluding ortho intramolecular Hbond substituents is 1. The maximum atomic E-state index is 10.3. The van der Waals surface area contributed by atoms with E-state index in [1.807, 2.05) is 49.4 Å². The number of hydrogen-bond acceptors (Lipinski definition) is 3. The highest BCUT2D eigenvalue weighted by Gasteiger charge is 1.93. The van der Waals surface area contributed by atoms with Crippen LogP contribution in [0.1, 0.15) is 26.7 Å². The number of carbonyl (C=O) groups excluding carboxylic acids is 1. The number of carbonyl (C=O) groups is 1. The molecule has 2 aromatic carbocycles. The van der Waals surface area contributed by atoms with Crippen molar-refractivity contribution in [1.82, 2.24) is 0 Å². The first-order valence-electron chi connectivity index (χ1n) is 7.10. The molecule has 0 bridgehead atoms. The van der Waals surface area contributed by atoms with Crippen molar-refractivity contribution in [1.29, 1.82) is 0 Å². The molecule has 0 heterocycles. The molecular formula is C18H24O3. The predicted octanol–water partition coefficient (Wildman–Crippen LogP) is 4.43. The number of phenols is 1. The Kier molecular flexibility index (Phi) is 12.6. The summed E-state index contributed by atoms with van der Waals surface area (Å²) in [6, 6.07) is 20.7. The van der Waals surface area contributed by atoms with E-state index >= 15 is 0 Å². The molecule has 0 aliphatic carbocycles. The number of hydrogen-bond donors (Lipinski definition) is 1. The van der Waals surface area contributed by atoms with Crippen LogP contribution in [-0.2, 0) is 9.53 Å². The van der Waals surface area contributed by atoms with Gasteiger partial charge in [-0.25, -0.2) is 0 Å². The van der Waals surface area contributed by atoms with E-state index in [4.69, 9.17) is 9.84 Å². The third-order valence-electron chi connectivity index (χ3n) is 2.18. The first kappa shape index (κ1) is 18.7. The SMILES string of the molecule is CCCOC(=O)CC.Oc1ccccc1.c1ccccc1. The fourth-order valence-electron chi connectivity index (χ4n) is 1.13. The van der Waals surface area contributed by atoms with E-state index in [0.29, 0.717) is 18.8 Å². The smallest absolute Gasteiger partial charge is 0.305 e. The second-order valence-electron chi connectivity index (χ2n) is 4.06. The first-order valence-corrected chi connectivity index (χ1v) is 7.10. The van der Waals surface area contributed by atoms with Crippen molar-refractivity contribution in [3.63, 3.8) is 0 Å². The summed E-state index contributed by atoms with van der Waals surface area (Å²) in [6.45, 7) is 4.33. The maximum Gasteiger partial charge on any atom is 0.305 e. The van der Waals surface area contributed by atoms with Crippen LogP contribution in [0.3, 0.4) is 0 Å². The van der Waals surface area contributed by atoms with Gasteiger partial charge in [0.1, 0.15) is 5.75 Å². The van der Waals surface area contributed by atoms with Crippen LogP contribution in [0.15, 0.2) is 66.7 Å². The molecule has 21 heavy (non-hydrogen) atoms. The summed E-state index contributed by atoms with van der Waals surface area (Å²) in [7, 11) is 0. The fraction of sp³-hybridized carbons (Fsp3) is 0.278. The van der Waals surface area contributed by atoms with E-state index in [1.54, 1.807) is 31.2 Å². The van der Waals surface area contributed by atoms with Gasteiger partial charge in [0.05, 0.1) is 6.61 Å². The Morgan fingerprint density at radius 2 is 1.33 bits per heavy atom. The van der Waals surface area contributed by atoms with Gasteiger partial charge < -0.3 is 9.84 Å². The summed E-state index contributed by atoms with van der Waals surface area (Å²) < 4.78 is 4.70. The molecule has 1 N–H and O–H groups in total.